The van der Waals surface area contributed by atoms with E-state index in [4.69, 9.17) is 0 Å². The van der Waals surface area contributed by atoms with E-state index < -0.39 is 0 Å². The van der Waals surface area contributed by atoms with Gasteiger partial charge in [-0.1, -0.05) is 109 Å². The van der Waals surface area contributed by atoms with Crippen LogP contribution in [0.25, 0.3) is 0 Å². The SMILES string of the molecule is c1ccc(C(c2ccccc2)c2ccc([S+]3c4ccccc4Sc4ccccc43)cc2)cc1. The lowest BCUT2D eigenvalue weighted by atomic mass is 9.85. The van der Waals surface area contributed by atoms with Crippen molar-refractivity contribution in [2.45, 2.75) is 30.4 Å². The van der Waals surface area contributed by atoms with Crippen molar-refractivity contribution in [2.75, 3.05) is 0 Å². The molecule has 0 nitrogen and oxygen atoms in total. The maximum Gasteiger partial charge on any atom is 0.180 e. The Morgan fingerprint density at radius 2 is 0.848 bits per heavy atom. The molecule has 5 aromatic rings. The molecule has 0 aliphatic carbocycles. The van der Waals surface area contributed by atoms with E-state index in [-0.39, 0.29) is 16.8 Å². The molecule has 0 N–H and O–H groups in total. The van der Waals surface area contributed by atoms with Gasteiger partial charge >= 0.3 is 0 Å². The van der Waals surface area contributed by atoms with E-state index >= 15 is 0 Å². The second-order valence-electron chi connectivity index (χ2n) is 8.13. The summed E-state index contributed by atoms with van der Waals surface area (Å²) in [6, 6.07) is 48.8. The largest absolute Gasteiger partial charge is 0.180 e. The normalized spacial score (nSPS) is 12.9. The van der Waals surface area contributed by atoms with Crippen molar-refractivity contribution in [1.82, 2.24) is 0 Å². The zero-order chi connectivity index (χ0) is 22.0. The van der Waals surface area contributed by atoms with E-state index in [1.807, 2.05) is 11.8 Å². The van der Waals surface area contributed by atoms with Crippen LogP contribution in [0.4, 0.5) is 0 Å². The average molecular weight is 460 g/mol. The van der Waals surface area contributed by atoms with Gasteiger partial charge in [-0.3, -0.25) is 0 Å². The summed E-state index contributed by atoms with van der Waals surface area (Å²) in [5.74, 6) is 0.228. The van der Waals surface area contributed by atoms with Crippen LogP contribution in [0, 0.1) is 0 Å². The fourth-order valence-corrected chi connectivity index (χ4v) is 8.30. The van der Waals surface area contributed by atoms with Crippen LogP contribution in [0.2, 0.25) is 0 Å². The quantitative estimate of drug-likeness (QED) is 0.188. The van der Waals surface area contributed by atoms with Crippen LogP contribution in [-0.4, -0.2) is 0 Å². The molecule has 0 bridgehead atoms. The van der Waals surface area contributed by atoms with Crippen molar-refractivity contribution in [3.8, 4) is 0 Å². The predicted octanol–water partition coefficient (Wildman–Crippen LogP) is 8.43. The van der Waals surface area contributed by atoms with Crippen LogP contribution < -0.4 is 0 Å². The molecule has 158 valence electrons. The van der Waals surface area contributed by atoms with Crippen molar-refractivity contribution in [3.05, 3.63) is 150 Å². The molecular weight excluding hydrogens is 436 g/mol. The van der Waals surface area contributed by atoms with Crippen LogP contribution >= 0.6 is 11.8 Å². The van der Waals surface area contributed by atoms with Crippen molar-refractivity contribution in [2.24, 2.45) is 0 Å². The van der Waals surface area contributed by atoms with Crippen LogP contribution in [-0.2, 0) is 10.9 Å². The molecule has 1 heterocycles. The smallest absolute Gasteiger partial charge is 0.0795 e. The number of hydrogen-bond acceptors (Lipinski definition) is 1. The first kappa shape index (κ1) is 20.4. The van der Waals surface area contributed by atoms with E-state index in [1.165, 1.54) is 41.2 Å². The summed E-state index contributed by atoms with van der Waals surface area (Å²) in [6.45, 7) is 0. The second kappa shape index (κ2) is 8.97. The highest BCUT2D eigenvalue weighted by Crippen LogP contribution is 2.48. The molecular formula is C31H23S2+. The first-order chi connectivity index (χ1) is 16.4. The van der Waals surface area contributed by atoms with E-state index in [1.54, 1.807) is 0 Å². The molecule has 0 amide bonds. The zero-order valence-corrected chi connectivity index (χ0v) is 19.7. The van der Waals surface area contributed by atoms with E-state index in [9.17, 15) is 0 Å². The molecule has 0 saturated carbocycles. The molecule has 0 saturated heterocycles. The molecule has 0 fully saturated rings. The molecule has 0 radical (unpaired) electrons. The third-order valence-electron chi connectivity index (χ3n) is 6.07. The molecule has 0 spiro atoms. The molecule has 0 unspecified atom stereocenters. The molecule has 33 heavy (non-hydrogen) atoms. The standard InChI is InChI=1S/C31H23S2/c1-3-11-23(12-4-1)31(24-13-5-2-6-14-24)25-19-21-26(22-20-25)33-29-17-9-7-15-27(29)32-28-16-8-10-18-30(28)33/h1-22,31H/q+1. The third kappa shape index (κ3) is 3.90. The monoisotopic (exact) mass is 459 g/mol. The number of hydrogen-bond donors (Lipinski definition) is 0. The Kier molecular flexibility index (Phi) is 5.55. The predicted molar refractivity (Wildman–Crippen MR) is 139 cm³/mol. The molecule has 6 rings (SSSR count). The Hall–Kier alpha value is -3.20. The molecule has 1 aliphatic heterocycles. The van der Waals surface area contributed by atoms with E-state index in [0.29, 0.717) is 0 Å². The van der Waals surface area contributed by atoms with Crippen molar-refractivity contribution < 1.29 is 0 Å². The van der Waals surface area contributed by atoms with Gasteiger partial charge in [0.05, 0.1) is 9.79 Å². The van der Waals surface area contributed by atoms with Gasteiger partial charge in [0.25, 0.3) is 0 Å². The summed E-state index contributed by atoms with van der Waals surface area (Å²) >= 11 is 1.89. The summed E-state index contributed by atoms with van der Waals surface area (Å²) in [7, 11) is -0.0892. The summed E-state index contributed by atoms with van der Waals surface area (Å²) < 4.78 is 0. The Balaban J connectivity index is 1.44. The maximum absolute atomic E-state index is 2.35. The molecule has 0 atom stereocenters. The second-order valence-corrected chi connectivity index (χ2v) is 11.2. The summed E-state index contributed by atoms with van der Waals surface area (Å²) in [6.07, 6.45) is 0. The Labute approximate surface area is 202 Å². The van der Waals surface area contributed by atoms with Gasteiger partial charge in [0.15, 0.2) is 14.7 Å². The number of rotatable bonds is 4. The molecule has 5 aromatic carbocycles. The molecule has 0 aromatic heterocycles. The Bertz CT molecular complexity index is 1290. The number of benzene rings is 5. The minimum atomic E-state index is -0.0892. The van der Waals surface area contributed by atoms with Gasteiger partial charge in [-0.15, -0.1) is 0 Å². The number of fused-ring (bicyclic) bond motifs is 2. The van der Waals surface area contributed by atoms with Gasteiger partial charge in [-0.05, 0) is 53.1 Å². The van der Waals surface area contributed by atoms with Gasteiger partial charge in [0.1, 0.15) is 10.9 Å². The average Bonchev–Trinajstić information content (AvgIpc) is 2.89. The molecule has 1 aliphatic rings. The lowest BCUT2D eigenvalue weighted by Gasteiger charge is -2.21. The van der Waals surface area contributed by atoms with Crippen LogP contribution in [0.15, 0.2) is 158 Å². The van der Waals surface area contributed by atoms with Crippen LogP contribution in [0.5, 0.6) is 0 Å². The minimum absolute atomic E-state index is 0.0892. The van der Waals surface area contributed by atoms with Gasteiger partial charge in [-0.2, -0.15) is 0 Å². The lowest BCUT2D eigenvalue weighted by Crippen LogP contribution is -2.11. The molecule has 2 heteroatoms. The van der Waals surface area contributed by atoms with Crippen LogP contribution in [0.3, 0.4) is 0 Å². The zero-order valence-electron chi connectivity index (χ0n) is 18.1. The van der Waals surface area contributed by atoms with Crippen LogP contribution in [0.1, 0.15) is 22.6 Å². The highest BCUT2D eigenvalue weighted by molar-refractivity contribution is 8.04. The summed E-state index contributed by atoms with van der Waals surface area (Å²) in [5, 5.41) is 0. The van der Waals surface area contributed by atoms with Gasteiger partial charge in [0, 0.05) is 5.92 Å². The fraction of sp³-hybridized carbons (Fsp3) is 0.0323. The van der Waals surface area contributed by atoms with E-state index in [2.05, 4.69) is 133 Å². The lowest BCUT2D eigenvalue weighted by molar-refractivity contribution is 0.973. The Morgan fingerprint density at radius 1 is 0.424 bits per heavy atom. The van der Waals surface area contributed by atoms with Crippen molar-refractivity contribution in [1.29, 1.82) is 0 Å². The topological polar surface area (TPSA) is 0 Å². The highest BCUT2D eigenvalue weighted by atomic mass is 32.2. The highest BCUT2D eigenvalue weighted by Gasteiger charge is 2.37. The summed E-state index contributed by atoms with van der Waals surface area (Å²) in [4.78, 5) is 6.97. The summed E-state index contributed by atoms with van der Waals surface area (Å²) in [5.41, 5.74) is 3.97. The van der Waals surface area contributed by atoms with Crippen molar-refractivity contribution >= 4 is 22.7 Å². The van der Waals surface area contributed by atoms with Gasteiger partial charge < -0.3 is 0 Å². The third-order valence-corrected chi connectivity index (χ3v) is 9.82. The Morgan fingerprint density at radius 3 is 1.36 bits per heavy atom. The minimum Gasteiger partial charge on any atom is -0.0795 e. The van der Waals surface area contributed by atoms with Gasteiger partial charge in [-0.25, -0.2) is 0 Å². The van der Waals surface area contributed by atoms with Crippen molar-refractivity contribution in [3.63, 3.8) is 0 Å². The maximum atomic E-state index is 2.35. The fourth-order valence-electron chi connectivity index (χ4n) is 4.56. The van der Waals surface area contributed by atoms with Gasteiger partial charge in [0.2, 0.25) is 0 Å². The first-order valence-corrected chi connectivity index (χ1v) is 13.2. The van der Waals surface area contributed by atoms with E-state index in [0.717, 1.165) is 0 Å². The first-order valence-electron chi connectivity index (χ1n) is 11.2.